The highest BCUT2D eigenvalue weighted by molar-refractivity contribution is 5.85. The quantitative estimate of drug-likeness (QED) is 0.663. The Morgan fingerprint density at radius 1 is 1.07 bits per heavy atom. The van der Waals surface area contributed by atoms with Crippen molar-refractivity contribution in [1.29, 1.82) is 0 Å². The summed E-state index contributed by atoms with van der Waals surface area (Å²) >= 11 is 0. The minimum absolute atomic E-state index is 0.184. The van der Waals surface area contributed by atoms with E-state index in [0.29, 0.717) is 6.04 Å². The third kappa shape index (κ3) is 4.53. The van der Waals surface area contributed by atoms with E-state index in [2.05, 4.69) is 46.8 Å². The molecule has 0 amide bonds. The van der Waals surface area contributed by atoms with Crippen molar-refractivity contribution in [3.8, 4) is 0 Å². The highest BCUT2D eigenvalue weighted by atomic mass is 19.1. The second-order valence-corrected chi connectivity index (χ2v) is 8.28. The Hall–Kier alpha value is -2.21. The van der Waals surface area contributed by atoms with Crippen LogP contribution in [0.15, 0.2) is 42.5 Å². The summed E-state index contributed by atoms with van der Waals surface area (Å²) in [6, 6.07) is 13.6. The molecule has 1 aromatic heterocycles. The number of benzene rings is 2. The summed E-state index contributed by atoms with van der Waals surface area (Å²) in [4.78, 5) is 8.50. The molecule has 1 aliphatic rings. The maximum absolute atomic E-state index is 13.2. The molecule has 2 N–H and O–H groups in total. The Bertz CT molecular complexity index is 966. The Morgan fingerprint density at radius 3 is 2.62 bits per heavy atom. The van der Waals surface area contributed by atoms with Crippen LogP contribution >= 0.6 is 0 Å². The predicted octanol–water partition coefficient (Wildman–Crippen LogP) is 3.99. The van der Waals surface area contributed by atoms with Gasteiger partial charge in [-0.25, -0.2) is 4.39 Å². The minimum atomic E-state index is -0.200. The van der Waals surface area contributed by atoms with Gasteiger partial charge in [-0.1, -0.05) is 23.8 Å². The van der Waals surface area contributed by atoms with E-state index in [1.165, 1.54) is 39.9 Å². The first kappa shape index (κ1) is 20.1. The summed E-state index contributed by atoms with van der Waals surface area (Å²) in [7, 11) is 0. The first-order valence-electron chi connectivity index (χ1n) is 10.4. The molecule has 3 aromatic rings. The number of aromatic nitrogens is 1. The number of aliphatic hydroxyl groups is 1. The first-order valence-corrected chi connectivity index (χ1v) is 10.4. The number of nitrogens with zero attached hydrogens (tertiary/aromatic N) is 2. The van der Waals surface area contributed by atoms with E-state index in [9.17, 15) is 9.50 Å². The maximum Gasteiger partial charge on any atom is 0.123 e. The number of H-pyrrole nitrogens is 1. The smallest absolute Gasteiger partial charge is 0.123 e. The number of rotatable bonds is 6. The number of aliphatic hydroxyl groups excluding tert-OH is 1. The number of hydrogen-bond donors (Lipinski definition) is 2. The van der Waals surface area contributed by atoms with Gasteiger partial charge in [0.25, 0.3) is 0 Å². The van der Waals surface area contributed by atoms with Crippen molar-refractivity contribution >= 4 is 10.9 Å². The van der Waals surface area contributed by atoms with Crippen molar-refractivity contribution in [2.75, 3.05) is 26.2 Å². The number of halogens is 1. The molecule has 2 aromatic carbocycles. The van der Waals surface area contributed by atoms with Gasteiger partial charge < -0.3 is 10.1 Å². The van der Waals surface area contributed by atoms with E-state index in [0.717, 1.165) is 44.7 Å². The van der Waals surface area contributed by atoms with Crippen LogP contribution in [0.1, 0.15) is 28.8 Å². The maximum atomic E-state index is 13.2. The molecule has 1 saturated heterocycles. The lowest BCUT2D eigenvalue weighted by atomic mass is 10.1. The molecule has 0 saturated carbocycles. The summed E-state index contributed by atoms with van der Waals surface area (Å²) in [6.07, 6.45) is 0.753. The number of aryl methyl sites for hydroxylation is 2. The zero-order valence-corrected chi connectivity index (χ0v) is 17.3. The van der Waals surface area contributed by atoms with E-state index in [1.807, 2.05) is 12.1 Å². The zero-order valence-electron chi connectivity index (χ0n) is 17.3. The highest BCUT2D eigenvalue weighted by Gasteiger charge is 2.27. The molecule has 0 bridgehead atoms. The van der Waals surface area contributed by atoms with Crippen LogP contribution in [0.25, 0.3) is 10.9 Å². The normalized spacial score (nSPS) is 18.6. The van der Waals surface area contributed by atoms with Gasteiger partial charge >= 0.3 is 0 Å². The van der Waals surface area contributed by atoms with Crippen LogP contribution in [0.5, 0.6) is 0 Å². The van der Waals surface area contributed by atoms with Crippen LogP contribution < -0.4 is 0 Å². The fraction of sp³-hybridized carbons (Fsp3) is 0.417. The monoisotopic (exact) mass is 395 g/mol. The molecule has 1 atom stereocenters. The molecule has 1 aliphatic heterocycles. The predicted molar refractivity (Wildman–Crippen MR) is 115 cm³/mol. The van der Waals surface area contributed by atoms with Crippen LogP contribution in [0.3, 0.4) is 0 Å². The SMILES string of the molecule is Cc1ccc2[nH]c(CN3CCN(Cc4ccc(F)cc4)[C@@H](CCO)C3)c(C)c2c1. The summed E-state index contributed by atoms with van der Waals surface area (Å²) in [5.74, 6) is -0.200. The Balaban J connectivity index is 1.45. The third-order valence-electron chi connectivity index (χ3n) is 6.15. The fourth-order valence-corrected chi connectivity index (χ4v) is 4.43. The van der Waals surface area contributed by atoms with E-state index < -0.39 is 0 Å². The summed E-state index contributed by atoms with van der Waals surface area (Å²) < 4.78 is 13.2. The summed E-state index contributed by atoms with van der Waals surface area (Å²) in [5, 5.41) is 10.9. The molecule has 29 heavy (non-hydrogen) atoms. The zero-order chi connectivity index (χ0) is 20.4. The molecule has 1 fully saturated rings. The van der Waals surface area contributed by atoms with E-state index >= 15 is 0 Å². The molecule has 0 radical (unpaired) electrons. The Morgan fingerprint density at radius 2 is 1.86 bits per heavy atom. The lowest BCUT2D eigenvalue weighted by molar-refractivity contribution is 0.0494. The molecule has 154 valence electrons. The molecule has 0 aliphatic carbocycles. The highest BCUT2D eigenvalue weighted by Crippen LogP contribution is 2.25. The van der Waals surface area contributed by atoms with Crippen molar-refractivity contribution in [3.63, 3.8) is 0 Å². The number of hydrogen-bond acceptors (Lipinski definition) is 3. The molecule has 5 heteroatoms. The van der Waals surface area contributed by atoms with Gasteiger partial charge in [0, 0.05) is 62.0 Å². The van der Waals surface area contributed by atoms with Gasteiger partial charge in [0.1, 0.15) is 5.82 Å². The largest absolute Gasteiger partial charge is 0.396 e. The summed E-state index contributed by atoms with van der Waals surface area (Å²) in [5.41, 5.74) is 6.20. The van der Waals surface area contributed by atoms with Crippen molar-refractivity contribution in [3.05, 3.63) is 70.7 Å². The number of piperazine rings is 1. The fourth-order valence-electron chi connectivity index (χ4n) is 4.43. The van der Waals surface area contributed by atoms with Gasteiger partial charge in [0.2, 0.25) is 0 Å². The minimum Gasteiger partial charge on any atom is -0.396 e. The van der Waals surface area contributed by atoms with Gasteiger partial charge in [-0.15, -0.1) is 0 Å². The van der Waals surface area contributed by atoms with Crippen molar-refractivity contribution in [1.82, 2.24) is 14.8 Å². The van der Waals surface area contributed by atoms with Gasteiger partial charge in [-0.3, -0.25) is 9.80 Å². The lowest BCUT2D eigenvalue weighted by Crippen LogP contribution is -2.52. The lowest BCUT2D eigenvalue weighted by Gasteiger charge is -2.41. The standard InChI is InChI=1S/C24H30FN3O/c1-17-3-8-23-22(13-17)18(2)24(26-23)16-27-10-11-28(21(15-27)9-12-29)14-19-4-6-20(25)7-5-19/h3-8,13,21,26,29H,9-12,14-16H2,1-2H3/t21-/m0/s1. The van der Waals surface area contributed by atoms with Crippen molar-refractivity contribution < 1.29 is 9.50 Å². The van der Waals surface area contributed by atoms with Gasteiger partial charge in [-0.05, 0) is 55.7 Å². The van der Waals surface area contributed by atoms with E-state index in [4.69, 9.17) is 0 Å². The van der Waals surface area contributed by atoms with Crippen LogP contribution in [-0.2, 0) is 13.1 Å². The molecule has 0 unspecified atom stereocenters. The Kier molecular flexibility index (Phi) is 5.99. The number of fused-ring (bicyclic) bond motifs is 1. The van der Waals surface area contributed by atoms with Crippen LogP contribution in [0.4, 0.5) is 4.39 Å². The molecule has 4 nitrogen and oxygen atoms in total. The van der Waals surface area contributed by atoms with E-state index in [-0.39, 0.29) is 12.4 Å². The first-order chi connectivity index (χ1) is 14.0. The van der Waals surface area contributed by atoms with Crippen LogP contribution in [0.2, 0.25) is 0 Å². The Labute approximate surface area is 172 Å². The molecule has 2 heterocycles. The van der Waals surface area contributed by atoms with Crippen LogP contribution in [0, 0.1) is 19.7 Å². The second kappa shape index (κ2) is 8.66. The van der Waals surface area contributed by atoms with Crippen molar-refractivity contribution in [2.24, 2.45) is 0 Å². The van der Waals surface area contributed by atoms with Gasteiger partial charge in [0.15, 0.2) is 0 Å². The number of nitrogens with one attached hydrogen (secondary N) is 1. The third-order valence-corrected chi connectivity index (χ3v) is 6.15. The average molecular weight is 396 g/mol. The molecular weight excluding hydrogens is 365 g/mol. The number of aromatic amines is 1. The van der Waals surface area contributed by atoms with Crippen LogP contribution in [-0.4, -0.2) is 52.2 Å². The average Bonchev–Trinajstić information content (AvgIpc) is 3.01. The molecule has 0 spiro atoms. The molecule has 4 rings (SSSR count). The van der Waals surface area contributed by atoms with Gasteiger partial charge in [-0.2, -0.15) is 0 Å². The summed E-state index contributed by atoms with van der Waals surface area (Å²) in [6.45, 7) is 9.06. The van der Waals surface area contributed by atoms with E-state index in [1.54, 1.807) is 0 Å². The van der Waals surface area contributed by atoms with Crippen molar-refractivity contribution in [2.45, 2.75) is 39.4 Å². The van der Waals surface area contributed by atoms with Gasteiger partial charge in [0.05, 0.1) is 0 Å². The topological polar surface area (TPSA) is 42.5 Å². The second-order valence-electron chi connectivity index (χ2n) is 8.28. The molecular formula is C24H30FN3O.